The van der Waals surface area contributed by atoms with E-state index in [0.29, 0.717) is 21.3 Å². The molecular weight excluding hydrogens is 402 g/mol. The molecule has 1 atom stereocenters. The van der Waals surface area contributed by atoms with Gasteiger partial charge in [0.05, 0.1) is 5.92 Å². The molecule has 1 aliphatic rings. The van der Waals surface area contributed by atoms with Crippen molar-refractivity contribution < 1.29 is 24.6 Å². The normalized spacial score (nSPS) is 17.8. The van der Waals surface area contributed by atoms with Crippen LogP contribution < -0.4 is 5.32 Å². The zero-order valence-electron chi connectivity index (χ0n) is 13.6. The van der Waals surface area contributed by atoms with Gasteiger partial charge in [-0.15, -0.1) is 0 Å². The standard InChI is InChI=1S/C19H16BrNO5/c20-15-8-4-7-12-13(15)9-19(17(23)24,18(25)26)10-14(12)16(22)21-11-5-2-1-3-6-11/h1-8,14H,9-10H2,(H,21,22)(H,23,24)(H,25,26). The lowest BCUT2D eigenvalue weighted by atomic mass is 9.66. The number of hydrogen-bond donors (Lipinski definition) is 3. The lowest BCUT2D eigenvalue weighted by Crippen LogP contribution is -2.47. The third-order valence-electron chi connectivity index (χ3n) is 4.74. The van der Waals surface area contributed by atoms with Crippen LogP contribution in [-0.4, -0.2) is 28.1 Å². The Hall–Kier alpha value is -2.67. The van der Waals surface area contributed by atoms with E-state index in [1.165, 1.54) is 0 Å². The van der Waals surface area contributed by atoms with Crippen molar-refractivity contribution in [2.45, 2.75) is 18.8 Å². The SMILES string of the molecule is O=C(Nc1ccccc1)C1CC(C(=O)O)(C(=O)O)Cc2c(Br)cccc21. The van der Waals surface area contributed by atoms with Gasteiger partial charge in [-0.25, -0.2) is 0 Å². The maximum absolute atomic E-state index is 12.9. The number of fused-ring (bicyclic) bond motifs is 1. The van der Waals surface area contributed by atoms with E-state index in [-0.39, 0.29) is 12.8 Å². The zero-order valence-corrected chi connectivity index (χ0v) is 15.2. The summed E-state index contributed by atoms with van der Waals surface area (Å²) in [4.78, 5) is 36.5. The molecule has 0 fully saturated rings. The molecule has 2 aromatic rings. The third kappa shape index (κ3) is 3.10. The van der Waals surface area contributed by atoms with E-state index in [1.807, 2.05) is 6.07 Å². The van der Waals surface area contributed by atoms with Gasteiger partial charge in [0, 0.05) is 16.6 Å². The number of carboxylic acids is 2. The highest BCUT2D eigenvalue weighted by atomic mass is 79.9. The molecule has 2 aromatic carbocycles. The Morgan fingerprint density at radius 2 is 1.65 bits per heavy atom. The van der Waals surface area contributed by atoms with Gasteiger partial charge in [0.1, 0.15) is 0 Å². The lowest BCUT2D eigenvalue weighted by Gasteiger charge is -2.36. The van der Waals surface area contributed by atoms with Gasteiger partial charge in [-0.05, 0) is 35.7 Å². The van der Waals surface area contributed by atoms with Crippen LogP contribution >= 0.6 is 15.9 Å². The molecule has 3 N–H and O–H groups in total. The fourth-order valence-corrected chi connectivity index (χ4v) is 3.84. The molecule has 134 valence electrons. The van der Waals surface area contributed by atoms with Crippen molar-refractivity contribution in [2.75, 3.05) is 5.32 Å². The Bertz CT molecular complexity index is 867. The quantitative estimate of drug-likeness (QED) is 0.662. The van der Waals surface area contributed by atoms with Gasteiger partial charge >= 0.3 is 11.9 Å². The molecule has 7 heteroatoms. The first-order valence-corrected chi connectivity index (χ1v) is 8.74. The van der Waals surface area contributed by atoms with E-state index < -0.39 is 29.2 Å². The molecule has 0 heterocycles. The highest BCUT2D eigenvalue weighted by Gasteiger charge is 2.53. The van der Waals surface area contributed by atoms with Crippen LogP contribution in [0.3, 0.4) is 0 Å². The van der Waals surface area contributed by atoms with E-state index in [2.05, 4.69) is 21.2 Å². The number of aliphatic carboxylic acids is 2. The van der Waals surface area contributed by atoms with Crippen LogP contribution in [0, 0.1) is 5.41 Å². The summed E-state index contributed by atoms with van der Waals surface area (Å²) in [6.45, 7) is 0. The van der Waals surface area contributed by atoms with Crippen LogP contribution in [0.4, 0.5) is 5.69 Å². The predicted octanol–water partition coefficient (Wildman–Crippen LogP) is 3.27. The molecule has 0 saturated carbocycles. The van der Waals surface area contributed by atoms with Gasteiger partial charge in [0.2, 0.25) is 5.91 Å². The number of carbonyl (C=O) groups is 3. The van der Waals surface area contributed by atoms with Crippen molar-refractivity contribution in [1.82, 2.24) is 0 Å². The topological polar surface area (TPSA) is 104 Å². The summed E-state index contributed by atoms with van der Waals surface area (Å²) in [5, 5.41) is 22.0. The van der Waals surface area contributed by atoms with Crippen LogP contribution in [-0.2, 0) is 20.8 Å². The van der Waals surface area contributed by atoms with E-state index in [0.717, 1.165) is 0 Å². The van der Waals surface area contributed by atoms with Crippen molar-refractivity contribution in [1.29, 1.82) is 0 Å². The van der Waals surface area contributed by atoms with Gasteiger partial charge in [0.25, 0.3) is 0 Å². The number of amides is 1. The van der Waals surface area contributed by atoms with Crippen molar-refractivity contribution in [3.63, 3.8) is 0 Å². The smallest absolute Gasteiger partial charge is 0.321 e. The number of rotatable bonds is 4. The summed E-state index contributed by atoms with van der Waals surface area (Å²) >= 11 is 3.36. The van der Waals surface area contributed by atoms with Gasteiger partial charge < -0.3 is 15.5 Å². The first kappa shape index (κ1) is 18.1. The summed E-state index contributed by atoms with van der Waals surface area (Å²) in [6, 6.07) is 14.0. The van der Waals surface area contributed by atoms with Crippen molar-refractivity contribution in [3.8, 4) is 0 Å². The predicted molar refractivity (Wildman–Crippen MR) is 98.0 cm³/mol. The number of nitrogens with one attached hydrogen (secondary N) is 1. The molecule has 0 bridgehead atoms. The highest BCUT2D eigenvalue weighted by molar-refractivity contribution is 9.10. The molecule has 1 amide bonds. The number of carboxylic acid groups (broad SMARTS) is 2. The lowest BCUT2D eigenvalue weighted by molar-refractivity contribution is -0.166. The summed E-state index contributed by atoms with van der Waals surface area (Å²) in [7, 11) is 0. The minimum absolute atomic E-state index is 0.177. The van der Waals surface area contributed by atoms with Gasteiger partial charge in [-0.3, -0.25) is 14.4 Å². The van der Waals surface area contributed by atoms with Crippen molar-refractivity contribution in [2.24, 2.45) is 5.41 Å². The molecule has 1 unspecified atom stereocenters. The number of benzene rings is 2. The molecule has 0 radical (unpaired) electrons. The second-order valence-corrected chi connectivity index (χ2v) is 7.14. The van der Waals surface area contributed by atoms with E-state index in [1.54, 1.807) is 42.5 Å². The van der Waals surface area contributed by atoms with E-state index in [9.17, 15) is 24.6 Å². The Balaban J connectivity index is 2.06. The zero-order chi connectivity index (χ0) is 18.9. The molecule has 6 nitrogen and oxygen atoms in total. The monoisotopic (exact) mass is 417 g/mol. The Kier molecular flexibility index (Phi) is 4.82. The first-order chi connectivity index (χ1) is 12.3. The average molecular weight is 418 g/mol. The second-order valence-electron chi connectivity index (χ2n) is 6.29. The summed E-state index contributed by atoms with van der Waals surface area (Å²) in [6.07, 6.45) is -0.483. The molecule has 0 aromatic heterocycles. The number of hydrogen-bond acceptors (Lipinski definition) is 3. The van der Waals surface area contributed by atoms with Crippen LogP contribution in [0.2, 0.25) is 0 Å². The molecule has 3 rings (SSSR count). The van der Waals surface area contributed by atoms with Crippen LogP contribution in [0.15, 0.2) is 53.0 Å². The van der Waals surface area contributed by atoms with Crippen LogP contribution in [0.1, 0.15) is 23.5 Å². The van der Waals surface area contributed by atoms with Gasteiger partial charge in [-0.2, -0.15) is 0 Å². The number of halogens is 1. The summed E-state index contributed by atoms with van der Waals surface area (Å²) < 4.78 is 0.596. The average Bonchev–Trinajstić information content (AvgIpc) is 2.61. The minimum atomic E-state index is -2.05. The fraction of sp³-hybridized carbons (Fsp3) is 0.211. The van der Waals surface area contributed by atoms with Gasteiger partial charge in [0.15, 0.2) is 5.41 Å². The Labute approximate surface area is 158 Å². The van der Waals surface area contributed by atoms with Gasteiger partial charge in [-0.1, -0.05) is 46.3 Å². The van der Waals surface area contributed by atoms with Crippen molar-refractivity contribution in [3.05, 3.63) is 64.1 Å². The first-order valence-electron chi connectivity index (χ1n) is 7.95. The van der Waals surface area contributed by atoms with Crippen LogP contribution in [0.5, 0.6) is 0 Å². The number of carbonyl (C=O) groups excluding carboxylic acids is 1. The largest absolute Gasteiger partial charge is 0.480 e. The van der Waals surface area contributed by atoms with Crippen molar-refractivity contribution >= 4 is 39.5 Å². The molecule has 1 aliphatic carbocycles. The Morgan fingerprint density at radius 1 is 1.00 bits per heavy atom. The molecule has 26 heavy (non-hydrogen) atoms. The van der Waals surface area contributed by atoms with E-state index >= 15 is 0 Å². The third-order valence-corrected chi connectivity index (χ3v) is 5.48. The minimum Gasteiger partial charge on any atom is -0.480 e. The maximum Gasteiger partial charge on any atom is 0.321 e. The molecule has 0 saturated heterocycles. The van der Waals surface area contributed by atoms with Crippen LogP contribution in [0.25, 0.3) is 0 Å². The second kappa shape index (κ2) is 6.92. The summed E-state index contributed by atoms with van der Waals surface area (Å²) in [5.41, 5.74) is -0.297. The molecule has 0 spiro atoms. The Morgan fingerprint density at radius 3 is 2.27 bits per heavy atom. The number of anilines is 1. The molecular formula is C19H16BrNO5. The molecule has 0 aliphatic heterocycles. The number of para-hydroxylation sites is 1. The fourth-order valence-electron chi connectivity index (χ4n) is 3.32. The van der Waals surface area contributed by atoms with E-state index in [4.69, 9.17) is 0 Å². The highest BCUT2D eigenvalue weighted by Crippen LogP contribution is 2.45. The summed E-state index contributed by atoms with van der Waals surface area (Å²) in [5.74, 6) is -4.20. The maximum atomic E-state index is 12.9.